The average molecular weight is 469 g/mol. The van der Waals surface area contributed by atoms with E-state index in [1.165, 1.54) is 0 Å². The van der Waals surface area contributed by atoms with Crippen LogP contribution >= 0.6 is 0 Å². The van der Waals surface area contributed by atoms with E-state index in [9.17, 15) is 14.4 Å². The Morgan fingerprint density at radius 3 is 1.32 bits per heavy atom. The van der Waals surface area contributed by atoms with Crippen molar-refractivity contribution in [2.24, 2.45) is 11.8 Å². The lowest BCUT2D eigenvalue weighted by Crippen LogP contribution is -2.53. The topological polar surface area (TPSA) is 93.7 Å². The van der Waals surface area contributed by atoms with Crippen LogP contribution in [0.25, 0.3) is 0 Å². The molecule has 0 radical (unpaired) electrons. The van der Waals surface area contributed by atoms with Crippen LogP contribution in [0.1, 0.15) is 38.8 Å². The van der Waals surface area contributed by atoms with Gasteiger partial charge in [0.2, 0.25) is 0 Å². The first-order chi connectivity index (χ1) is 16.2. The van der Waals surface area contributed by atoms with Crippen molar-refractivity contribution in [3.63, 3.8) is 0 Å². The number of urea groups is 1. The number of rotatable bonds is 12. The first-order valence-electron chi connectivity index (χ1n) is 11.7. The fourth-order valence-corrected chi connectivity index (χ4v) is 3.14. The number of hydrogen-bond donors (Lipinski definition) is 2. The van der Waals surface area contributed by atoms with Crippen molar-refractivity contribution in [2.75, 3.05) is 13.2 Å². The molecule has 7 nitrogen and oxygen atoms in total. The van der Waals surface area contributed by atoms with Crippen LogP contribution in [0.3, 0.4) is 0 Å². The van der Waals surface area contributed by atoms with Crippen LogP contribution in [0.2, 0.25) is 0 Å². The van der Waals surface area contributed by atoms with Crippen molar-refractivity contribution < 1.29 is 23.9 Å². The minimum Gasteiger partial charge on any atom is -0.464 e. The molecular formula is C27H36N2O5. The van der Waals surface area contributed by atoms with Crippen LogP contribution in [0, 0.1) is 11.8 Å². The Hall–Kier alpha value is -3.35. The van der Waals surface area contributed by atoms with Crippen LogP contribution < -0.4 is 10.6 Å². The SMILES string of the molecule is CC(C)COC(=O)[C@H](Cc1ccccc1)NC(=O)N[C@@H](Cc1ccccc1)C(=O)OCC(C)C. The monoisotopic (exact) mass is 468 g/mol. The van der Waals surface area contributed by atoms with Gasteiger partial charge in [0.15, 0.2) is 0 Å². The second-order valence-corrected chi connectivity index (χ2v) is 9.15. The van der Waals surface area contributed by atoms with Gasteiger partial charge in [-0.05, 0) is 23.0 Å². The summed E-state index contributed by atoms with van der Waals surface area (Å²) in [4.78, 5) is 38.3. The molecule has 0 saturated heterocycles. The molecule has 2 atom stereocenters. The second kappa shape index (κ2) is 14.0. The minimum atomic E-state index is -0.898. The largest absolute Gasteiger partial charge is 0.464 e. The zero-order valence-corrected chi connectivity index (χ0v) is 20.5. The molecule has 184 valence electrons. The van der Waals surface area contributed by atoms with E-state index in [1.807, 2.05) is 88.4 Å². The molecule has 2 aromatic carbocycles. The summed E-state index contributed by atoms with van der Waals surface area (Å²) in [6, 6.07) is 16.3. The van der Waals surface area contributed by atoms with Crippen molar-refractivity contribution in [3.8, 4) is 0 Å². The second-order valence-electron chi connectivity index (χ2n) is 9.15. The van der Waals surface area contributed by atoms with Gasteiger partial charge in [-0.1, -0.05) is 88.4 Å². The normalized spacial score (nSPS) is 12.6. The molecule has 0 aliphatic rings. The number of carbonyl (C=O) groups excluding carboxylic acids is 3. The Morgan fingerprint density at radius 2 is 1.00 bits per heavy atom. The van der Waals surface area contributed by atoms with Gasteiger partial charge < -0.3 is 20.1 Å². The summed E-state index contributed by atoms with van der Waals surface area (Å²) < 4.78 is 10.8. The highest BCUT2D eigenvalue weighted by Crippen LogP contribution is 2.08. The van der Waals surface area contributed by atoms with E-state index in [0.29, 0.717) is 0 Å². The molecular weight excluding hydrogens is 432 g/mol. The van der Waals surface area contributed by atoms with E-state index >= 15 is 0 Å². The lowest BCUT2D eigenvalue weighted by Gasteiger charge is -2.22. The molecule has 2 N–H and O–H groups in total. The number of esters is 2. The number of nitrogens with one attached hydrogen (secondary N) is 2. The van der Waals surface area contributed by atoms with Gasteiger partial charge in [-0.25, -0.2) is 14.4 Å². The summed E-state index contributed by atoms with van der Waals surface area (Å²) in [5.74, 6) is -0.702. The first kappa shape index (κ1) is 26.9. The summed E-state index contributed by atoms with van der Waals surface area (Å²) in [6.07, 6.45) is 0.540. The van der Waals surface area contributed by atoms with Gasteiger partial charge in [0.05, 0.1) is 13.2 Å². The van der Waals surface area contributed by atoms with Crippen molar-refractivity contribution in [3.05, 3.63) is 71.8 Å². The summed E-state index contributed by atoms with van der Waals surface area (Å²) in [6.45, 7) is 8.28. The van der Waals surface area contributed by atoms with Gasteiger partial charge in [0.1, 0.15) is 12.1 Å². The Labute approximate surface area is 202 Å². The van der Waals surface area contributed by atoms with Gasteiger partial charge in [-0.3, -0.25) is 0 Å². The van der Waals surface area contributed by atoms with Crippen LogP contribution in [0.4, 0.5) is 4.79 Å². The maximum atomic E-state index is 12.9. The third-order valence-electron chi connectivity index (χ3n) is 4.86. The van der Waals surface area contributed by atoms with Gasteiger partial charge in [0.25, 0.3) is 0 Å². The number of ether oxygens (including phenoxy) is 2. The molecule has 0 aliphatic carbocycles. The summed E-state index contributed by atoms with van der Waals surface area (Å²) in [5, 5.41) is 5.39. The molecule has 2 rings (SSSR count). The molecule has 0 aliphatic heterocycles. The van der Waals surface area contributed by atoms with Crippen molar-refractivity contribution in [2.45, 2.75) is 52.6 Å². The molecule has 0 spiro atoms. The van der Waals surface area contributed by atoms with E-state index in [-0.39, 0.29) is 37.9 Å². The van der Waals surface area contributed by atoms with Gasteiger partial charge in [0, 0.05) is 12.8 Å². The fourth-order valence-electron chi connectivity index (χ4n) is 3.14. The van der Waals surface area contributed by atoms with Crippen LogP contribution in [-0.2, 0) is 31.9 Å². The van der Waals surface area contributed by atoms with Crippen molar-refractivity contribution in [1.29, 1.82) is 0 Å². The van der Waals surface area contributed by atoms with Crippen molar-refractivity contribution >= 4 is 18.0 Å². The molecule has 0 bridgehead atoms. The Kier molecular flexibility index (Phi) is 11.1. The first-order valence-corrected chi connectivity index (χ1v) is 11.7. The van der Waals surface area contributed by atoms with Crippen LogP contribution in [0.5, 0.6) is 0 Å². The van der Waals surface area contributed by atoms with E-state index < -0.39 is 30.1 Å². The predicted octanol–water partition coefficient (Wildman–Crippen LogP) is 3.91. The summed E-state index contributed by atoms with van der Waals surface area (Å²) in [5.41, 5.74) is 1.76. The lowest BCUT2D eigenvalue weighted by molar-refractivity contribution is -0.147. The maximum absolute atomic E-state index is 12.9. The Balaban J connectivity index is 2.11. The smallest absolute Gasteiger partial charge is 0.329 e. The summed E-state index contributed by atoms with van der Waals surface area (Å²) in [7, 11) is 0. The molecule has 34 heavy (non-hydrogen) atoms. The average Bonchev–Trinajstić information content (AvgIpc) is 2.81. The molecule has 0 saturated carbocycles. The molecule has 2 amide bonds. The molecule has 0 aromatic heterocycles. The highest BCUT2D eigenvalue weighted by Gasteiger charge is 2.27. The Bertz CT molecular complexity index is 826. The summed E-state index contributed by atoms with van der Waals surface area (Å²) >= 11 is 0. The lowest BCUT2D eigenvalue weighted by atomic mass is 10.1. The molecule has 0 heterocycles. The third kappa shape index (κ3) is 10.1. The number of benzene rings is 2. The number of carbonyl (C=O) groups is 3. The van der Waals surface area contributed by atoms with Gasteiger partial charge in [-0.2, -0.15) is 0 Å². The Morgan fingerprint density at radius 1 is 0.647 bits per heavy atom. The van der Waals surface area contributed by atoms with Crippen molar-refractivity contribution in [1.82, 2.24) is 10.6 Å². The van der Waals surface area contributed by atoms with Crippen LogP contribution in [-0.4, -0.2) is 43.3 Å². The zero-order chi connectivity index (χ0) is 24.9. The molecule has 7 heteroatoms. The van der Waals surface area contributed by atoms with Gasteiger partial charge >= 0.3 is 18.0 Å². The van der Waals surface area contributed by atoms with E-state index in [4.69, 9.17) is 9.47 Å². The van der Waals surface area contributed by atoms with E-state index in [0.717, 1.165) is 11.1 Å². The highest BCUT2D eigenvalue weighted by atomic mass is 16.5. The highest BCUT2D eigenvalue weighted by molar-refractivity contribution is 5.87. The molecule has 0 unspecified atom stereocenters. The standard InChI is InChI=1S/C27H36N2O5/c1-19(2)17-33-25(30)23(15-21-11-7-5-8-12-21)28-27(32)29-24(26(31)34-18-20(3)4)16-22-13-9-6-10-14-22/h5-14,19-20,23-24H,15-18H2,1-4H3,(H2,28,29,32)/t23-,24-/m0/s1. The van der Waals surface area contributed by atoms with E-state index in [2.05, 4.69) is 10.6 Å². The van der Waals surface area contributed by atoms with E-state index in [1.54, 1.807) is 0 Å². The molecule has 2 aromatic rings. The minimum absolute atomic E-state index is 0.168. The quantitative estimate of drug-likeness (QED) is 0.461. The third-order valence-corrected chi connectivity index (χ3v) is 4.86. The fraction of sp³-hybridized carbons (Fsp3) is 0.444. The molecule has 0 fully saturated rings. The van der Waals surface area contributed by atoms with Gasteiger partial charge in [-0.15, -0.1) is 0 Å². The zero-order valence-electron chi connectivity index (χ0n) is 20.5. The number of hydrogen-bond acceptors (Lipinski definition) is 5. The maximum Gasteiger partial charge on any atom is 0.329 e. The predicted molar refractivity (Wildman–Crippen MR) is 131 cm³/mol. The number of amides is 2. The van der Waals surface area contributed by atoms with Crippen LogP contribution in [0.15, 0.2) is 60.7 Å².